The molecule has 5 nitrogen and oxygen atoms in total. The Balaban J connectivity index is 1.57. The summed E-state index contributed by atoms with van der Waals surface area (Å²) in [7, 11) is -2.19. The molecule has 2 atom stereocenters. The minimum Gasteiger partial charge on any atom is -0.312 e. The number of carbonyl (C=O) groups excluding carboxylic acids is 1. The summed E-state index contributed by atoms with van der Waals surface area (Å²) >= 11 is 0. The van der Waals surface area contributed by atoms with Crippen LogP contribution < -0.4 is 9.62 Å². The third-order valence-electron chi connectivity index (χ3n) is 5.20. The molecule has 1 N–H and O–H groups in total. The highest BCUT2D eigenvalue weighted by molar-refractivity contribution is 7.89. The minimum absolute atomic E-state index is 0.0112. The molecule has 2 aromatic rings. The summed E-state index contributed by atoms with van der Waals surface area (Å²) in [6, 6.07) is 11.2. The lowest BCUT2D eigenvalue weighted by atomic mass is 10.1. The molecule has 1 fully saturated rings. The van der Waals surface area contributed by atoms with Gasteiger partial charge in [-0.1, -0.05) is 18.2 Å². The van der Waals surface area contributed by atoms with Crippen molar-refractivity contribution in [3.8, 4) is 0 Å². The van der Waals surface area contributed by atoms with Crippen molar-refractivity contribution in [1.82, 2.24) is 4.72 Å². The Labute approximate surface area is 151 Å². The molecule has 0 radical (unpaired) electrons. The predicted octanol–water partition coefficient (Wildman–Crippen LogP) is 2.43. The number of sulfonamides is 1. The summed E-state index contributed by atoms with van der Waals surface area (Å²) in [6.45, 7) is 0.559. The SMILES string of the molecule is CNS(=O)(=O)c1ccc2c(c1)N(C(=O)[C@H]1C[C@H]1c1ccc(F)cc1)CC2. The van der Waals surface area contributed by atoms with Crippen LogP contribution in [0.5, 0.6) is 0 Å². The van der Waals surface area contributed by atoms with Gasteiger partial charge in [0.05, 0.1) is 4.90 Å². The first-order valence-corrected chi connectivity index (χ1v) is 10.0. The van der Waals surface area contributed by atoms with Crippen LogP contribution in [0.3, 0.4) is 0 Å². The molecule has 0 unspecified atom stereocenters. The van der Waals surface area contributed by atoms with Crippen molar-refractivity contribution in [2.24, 2.45) is 5.92 Å². The van der Waals surface area contributed by atoms with Crippen LogP contribution in [-0.4, -0.2) is 27.9 Å². The maximum absolute atomic E-state index is 13.1. The number of carbonyl (C=O) groups is 1. The summed E-state index contributed by atoms with van der Waals surface area (Å²) in [5.41, 5.74) is 2.62. The van der Waals surface area contributed by atoms with Crippen molar-refractivity contribution in [3.05, 3.63) is 59.4 Å². The summed E-state index contributed by atoms with van der Waals surface area (Å²) in [4.78, 5) is 14.8. The van der Waals surface area contributed by atoms with Crippen molar-refractivity contribution >= 4 is 21.6 Å². The summed E-state index contributed by atoms with van der Waals surface area (Å²) in [6.07, 6.45) is 1.46. The molecule has 1 amide bonds. The van der Waals surface area contributed by atoms with Gasteiger partial charge >= 0.3 is 0 Å². The van der Waals surface area contributed by atoms with E-state index in [-0.39, 0.29) is 28.5 Å². The van der Waals surface area contributed by atoms with E-state index in [0.717, 1.165) is 24.0 Å². The summed E-state index contributed by atoms with van der Waals surface area (Å²) in [5.74, 6) is -0.298. The number of nitrogens with zero attached hydrogens (tertiary/aromatic N) is 1. The van der Waals surface area contributed by atoms with E-state index in [0.29, 0.717) is 12.2 Å². The molecule has 1 aliphatic carbocycles. The van der Waals surface area contributed by atoms with Gasteiger partial charge in [0.15, 0.2) is 0 Å². The Hall–Kier alpha value is -2.25. The molecule has 1 heterocycles. The molecular weight excluding hydrogens is 355 g/mol. The van der Waals surface area contributed by atoms with Gasteiger partial charge in [-0.3, -0.25) is 4.79 Å². The van der Waals surface area contributed by atoms with Gasteiger partial charge in [-0.15, -0.1) is 0 Å². The lowest BCUT2D eigenvalue weighted by Gasteiger charge is -2.18. The van der Waals surface area contributed by atoms with Crippen LogP contribution in [0, 0.1) is 11.7 Å². The van der Waals surface area contributed by atoms with Crippen molar-refractivity contribution < 1.29 is 17.6 Å². The van der Waals surface area contributed by atoms with Gasteiger partial charge in [-0.25, -0.2) is 17.5 Å². The third-order valence-corrected chi connectivity index (χ3v) is 6.62. The lowest BCUT2D eigenvalue weighted by Crippen LogP contribution is -2.31. The summed E-state index contributed by atoms with van der Waals surface area (Å²) in [5, 5.41) is 0. The number of rotatable bonds is 4. The van der Waals surface area contributed by atoms with Crippen LogP contribution >= 0.6 is 0 Å². The second-order valence-electron chi connectivity index (χ2n) is 6.74. The van der Waals surface area contributed by atoms with Crippen molar-refractivity contribution in [3.63, 3.8) is 0 Å². The van der Waals surface area contributed by atoms with Gasteiger partial charge in [-0.05, 0) is 61.2 Å². The fourth-order valence-electron chi connectivity index (χ4n) is 3.62. The van der Waals surface area contributed by atoms with E-state index in [1.165, 1.54) is 19.2 Å². The van der Waals surface area contributed by atoms with Crippen LogP contribution in [-0.2, 0) is 21.2 Å². The highest BCUT2D eigenvalue weighted by Gasteiger charge is 2.47. The van der Waals surface area contributed by atoms with Gasteiger partial charge in [0.2, 0.25) is 15.9 Å². The van der Waals surface area contributed by atoms with Gasteiger partial charge in [0.1, 0.15) is 5.82 Å². The maximum atomic E-state index is 13.1. The van der Waals surface area contributed by atoms with E-state index in [4.69, 9.17) is 0 Å². The molecule has 2 aliphatic rings. The lowest BCUT2D eigenvalue weighted by molar-refractivity contribution is -0.119. The average Bonchev–Trinajstić information content (AvgIpc) is 3.33. The van der Waals surface area contributed by atoms with E-state index in [1.807, 2.05) is 0 Å². The molecule has 0 bridgehead atoms. The van der Waals surface area contributed by atoms with Gasteiger partial charge in [0, 0.05) is 18.2 Å². The van der Waals surface area contributed by atoms with Crippen molar-refractivity contribution in [2.45, 2.75) is 23.7 Å². The zero-order valence-electron chi connectivity index (χ0n) is 14.3. The molecular formula is C19H19FN2O3S. The van der Waals surface area contributed by atoms with Crippen molar-refractivity contribution in [1.29, 1.82) is 0 Å². The standard InChI is InChI=1S/C19H19FN2O3S/c1-21-26(24,25)15-7-4-13-8-9-22(18(13)10-15)19(23)17-11-16(17)12-2-5-14(20)6-3-12/h2-7,10,16-17,21H,8-9,11H2,1H3/t16-,17-/m0/s1. The normalized spacial score (nSPS) is 21.5. The molecule has 136 valence electrons. The Kier molecular flexibility index (Phi) is 4.08. The first-order chi connectivity index (χ1) is 12.4. The van der Waals surface area contributed by atoms with Crippen LogP contribution in [0.1, 0.15) is 23.5 Å². The molecule has 4 rings (SSSR count). The molecule has 2 aromatic carbocycles. The number of hydrogen-bond acceptors (Lipinski definition) is 3. The first-order valence-electron chi connectivity index (χ1n) is 8.54. The molecule has 0 spiro atoms. The van der Waals surface area contributed by atoms with E-state index >= 15 is 0 Å². The number of halogens is 1. The second-order valence-corrected chi connectivity index (χ2v) is 8.62. The number of hydrogen-bond donors (Lipinski definition) is 1. The zero-order chi connectivity index (χ0) is 18.5. The smallest absolute Gasteiger partial charge is 0.240 e. The molecule has 1 saturated carbocycles. The highest BCUT2D eigenvalue weighted by Crippen LogP contribution is 2.49. The van der Waals surface area contributed by atoms with Crippen LogP contribution in [0.4, 0.5) is 10.1 Å². The van der Waals surface area contributed by atoms with Crippen LogP contribution in [0.25, 0.3) is 0 Å². The minimum atomic E-state index is -3.55. The number of benzene rings is 2. The van der Waals surface area contributed by atoms with Gasteiger partial charge in [0.25, 0.3) is 0 Å². The Morgan fingerprint density at radius 3 is 2.62 bits per heavy atom. The fourth-order valence-corrected chi connectivity index (χ4v) is 4.37. The predicted molar refractivity (Wildman–Crippen MR) is 96.0 cm³/mol. The fraction of sp³-hybridized carbons (Fsp3) is 0.316. The third kappa shape index (κ3) is 2.91. The number of nitrogens with one attached hydrogen (secondary N) is 1. The highest BCUT2D eigenvalue weighted by atomic mass is 32.2. The van der Waals surface area contributed by atoms with E-state index < -0.39 is 10.0 Å². The Morgan fingerprint density at radius 1 is 1.19 bits per heavy atom. The average molecular weight is 374 g/mol. The van der Waals surface area contributed by atoms with E-state index in [9.17, 15) is 17.6 Å². The number of anilines is 1. The zero-order valence-corrected chi connectivity index (χ0v) is 15.1. The number of fused-ring (bicyclic) bond motifs is 1. The van der Waals surface area contributed by atoms with Crippen LogP contribution in [0.15, 0.2) is 47.4 Å². The topological polar surface area (TPSA) is 66.5 Å². The number of amides is 1. The van der Waals surface area contributed by atoms with Gasteiger partial charge < -0.3 is 4.90 Å². The van der Waals surface area contributed by atoms with Crippen molar-refractivity contribution in [2.75, 3.05) is 18.5 Å². The molecule has 0 aromatic heterocycles. The Bertz CT molecular complexity index is 973. The molecule has 1 aliphatic heterocycles. The molecule has 7 heteroatoms. The Morgan fingerprint density at radius 2 is 1.92 bits per heavy atom. The maximum Gasteiger partial charge on any atom is 0.240 e. The molecule has 0 saturated heterocycles. The summed E-state index contributed by atoms with van der Waals surface area (Å²) < 4.78 is 39.5. The van der Waals surface area contributed by atoms with E-state index in [2.05, 4.69) is 4.72 Å². The van der Waals surface area contributed by atoms with Crippen LogP contribution in [0.2, 0.25) is 0 Å². The second kappa shape index (κ2) is 6.17. The van der Waals surface area contributed by atoms with Gasteiger partial charge in [-0.2, -0.15) is 0 Å². The van der Waals surface area contributed by atoms with E-state index in [1.54, 1.807) is 35.2 Å². The monoisotopic (exact) mass is 374 g/mol. The molecule has 26 heavy (non-hydrogen) atoms. The quantitative estimate of drug-likeness (QED) is 0.894. The largest absolute Gasteiger partial charge is 0.312 e. The first kappa shape index (κ1) is 17.2.